The van der Waals surface area contributed by atoms with Gasteiger partial charge < -0.3 is 4.42 Å². The molecule has 116 valence electrons. The number of hydrogen-bond donors (Lipinski definition) is 0. The number of nitrogens with zero attached hydrogens (tertiary/aromatic N) is 2. The summed E-state index contributed by atoms with van der Waals surface area (Å²) in [6.07, 6.45) is 0. The minimum atomic E-state index is -0.429. The van der Waals surface area contributed by atoms with E-state index < -0.39 is 4.92 Å². The summed E-state index contributed by atoms with van der Waals surface area (Å²) in [4.78, 5) is 14.9. The zero-order valence-electron chi connectivity index (χ0n) is 12.3. The number of nitro groups is 1. The molecule has 0 aliphatic carbocycles. The van der Waals surface area contributed by atoms with E-state index in [0.717, 1.165) is 21.7 Å². The molecule has 0 amide bonds. The number of fused-ring (bicyclic) bond motifs is 3. The van der Waals surface area contributed by atoms with Gasteiger partial charge in [-0.1, -0.05) is 30.3 Å². The first-order valence-electron chi connectivity index (χ1n) is 7.21. The zero-order valence-corrected chi connectivity index (χ0v) is 13.1. The van der Waals surface area contributed by atoms with Crippen molar-refractivity contribution >= 4 is 39.6 Å². The Bertz CT molecular complexity index is 1150. The van der Waals surface area contributed by atoms with Gasteiger partial charge in [-0.15, -0.1) is 0 Å². The molecule has 24 heavy (non-hydrogen) atoms. The molecule has 0 fully saturated rings. The molecule has 0 saturated carbocycles. The molecule has 5 nitrogen and oxygen atoms in total. The van der Waals surface area contributed by atoms with Crippen molar-refractivity contribution in [1.29, 1.82) is 0 Å². The van der Waals surface area contributed by atoms with Crippen LogP contribution in [0.5, 0.6) is 0 Å². The number of benzene rings is 3. The van der Waals surface area contributed by atoms with Gasteiger partial charge in [0.2, 0.25) is 0 Å². The van der Waals surface area contributed by atoms with E-state index in [9.17, 15) is 10.1 Å². The molecule has 0 spiro atoms. The molecule has 0 radical (unpaired) electrons. The molecule has 0 N–H and O–H groups in total. The number of non-ortho nitro benzene ring substituents is 1. The maximum Gasteiger partial charge on any atom is 0.289 e. The highest BCUT2D eigenvalue weighted by Crippen LogP contribution is 2.32. The smallest absolute Gasteiger partial charge is 0.289 e. The van der Waals surface area contributed by atoms with Gasteiger partial charge in [-0.2, -0.15) is 0 Å². The highest BCUT2D eigenvalue weighted by molar-refractivity contribution is 7.71. The average Bonchev–Trinajstić information content (AvgIpc) is 2.61. The van der Waals surface area contributed by atoms with Crippen LogP contribution in [0.3, 0.4) is 0 Å². The van der Waals surface area contributed by atoms with E-state index in [-0.39, 0.29) is 10.5 Å². The summed E-state index contributed by atoms with van der Waals surface area (Å²) in [5, 5.41) is 13.6. The van der Waals surface area contributed by atoms with Crippen LogP contribution in [-0.2, 0) is 0 Å². The molecule has 0 aliphatic heterocycles. The van der Waals surface area contributed by atoms with Crippen molar-refractivity contribution in [2.75, 3.05) is 0 Å². The van der Waals surface area contributed by atoms with Crippen LogP contribution in [0.25, 0.3) is 33.0 Å². The second-order valence-corrected chi connectivity index (χ2v) is 5.64. The summed E-state index contributed by atoms with van der Waals surface area (Å²) in [5.74, 6) is 0. The van der Waals surface area contributed by atoms with E-state index in [1.165, 1.54) is 12.1 Å². The second kappa shape index (κ2) is 5.50. The maximum absolute atomic E-state index is 10.8. The molecule has 0 unspecified atom stereocenters. The minimum absolute atomic E-state index is 0.0349. The van der Waals surface area contributed by atoms with Crippen LogP contribution >= 0.6 is 12.2 Å². The molecular weight excluding hydrogens is 324 g/mol. The zero-order chi connectivity index (χ0) is 16.7. The van der Waals surface area contributed by atoms with Crippen molar-refractivity contribution < 1.29 is 9.34 Å². The lowest BCUT2D eigenvalue weighted by atomic mass is 10.0. The van der Waals surface area contributed by atoms with Crippen LogP contribution in [0.15, 0.2) is 65.1 Å². The van der Waals surface area contributed by atoms with Gasteiger partial charge >= 0.3 is 0 Å². The summed E-state index contributed by atoms with van der Waals surface area (Å²) >= 11 is 5.17. The van der Waals surface area contributed by atoms with Gasteiger partial charge in [-0.05, 0) is 35.8 Å². The summed E-state index contributed by atoms with van der Waals surface area (Å²) in [7, 11) is 0. The molecule has 4 rings (SSSR count). The van der Waals surface area contributed by atoms with E-state index in [4.69, 9.17) is 16.6 Å². The standard InChI is InChI=1S/C18H10N2O3S/c21-20(22)13-8-5-12(6-9-13)16-15-10-7-11-3-1-2-4-14(11)17(15)23-18(24)19-16/h1-10H. The highest BCUT2D eigenvalue weighted by atomic mass is 32.1. The normalized spacial score (nSPS) is 11.0. The van der Waals surface area contributed by atoms with E-state index in [1.54, 1.807) is 12.1 Å². The van der Waals surface area contributed by atoms with E-state index in [2.05, 4.69) is 4.98 Å². The van der Waals surface area contributed by atoms with Crippen molar-refractivity contribution in [2.45, 2.75) is 0 Å². The monoisotopic (exact) mass is 334 g/mol. The molecule has 4 aromatic rings. The summed E-state index contributed by atoms with van der Waals surface area (Å²) in [6, 6.07) is 18.0. The first-order chi connectivity index (χ1) is 11.6. The third-order valence-corrected chi connectivity index (χ3v) is 4.05. The first kappa shape index (κ1) is 14.5. The molecule has 0 saturated heterocycles. The number of aromatic nitrogens is 1. The molecule has 0 aliphatic rings. The summed E-state index contributed by atoms with van der Waals surface area (Å²) < 4.78 is 5.69. The van der Waals surface area contributed by atoms with E-state index in [0.29, 0.717) is 11.3 Å². The quantitative estimate of drug-likeness (QED) is 0.216. The van der Waals surface area contributed by atoms with Crippen LogP contribution in [0.4, 0.5) is 5.69 Å². The van der Waals surface area contributed by atoms with Crippen molar-refractivity contribution in [3.63, 3.8) is 0 Å². The molecule has 1 aromatic heterocycles. The number of nitro benzene ring substituents is 1. The van der Waals surface area contributed by atoms with Crippen LogP contribution in [-0.4, -0.2) is 9.91 Å². The molecule has 3 aromatic carbocycles. The maximum atomic E-state index is 10.8. The van der Waals surface area contributed by atoms with Crippen LogP contribution in [0.2, 0.25) is 0 Å². The van der Waals surface area contributed by atoms with Gasteiger partial charge in [0.25, 0.3) is 10.5 Å². The topological polar surface area (TPSA) is 69.2 Å². The second-order valence-electron chi connectivity index (χ2n) is 5.30. The third kappa shape index (κ3) is 2.33. The number of hydrogen-bond acceptors (Lipinski definition) is 5. The Labute approximate surface area is 141 Å². The SMILES string of the molecule is O=[N+]([O-])c1ccc(-c2nc(=S)oc3c2ccc2ccccc23)cc1. The molecular formula is C18H10N2O3S. The van der Waals surface area contributed by atoms with Crippen molar-refractivity contribution in [3.05, 3.63) is 75.6 Å². The van der Waals surface area contributed by atoms with Gasteiger partial charge in [-0.3, -0.25) is 10.1 Å². The van der Waals surface area contributed by atoms with Gasteiger partial charge in [0, 0.05) is 28.5 Å². The lowest BCUT2D eigenvalue weighted by molar-refractivity contribution is -0.384. The Hall–Kier alpha value is -3.12. The van der Waals surface area contributed by atoms with Gasteiger partial charge in [0.1, 0.15) is 5.58 Å². The fourth-order valence-electron chi connectivity index (χ4n) is 2.76. The Morgan fingerprint density at radius 3 is 2.46 bits per heavy atom. The summed E-state index contributed by atoms with van der Waals surface area (Å²) in [6.45, 7) is 0. The first-order valence-corrected chi connectivity index (χ1v) is 7.62. The van der Waals surface area contributed by atoms with Gasteiger partial charge in [-0.25, -0.2) is 4.98 Å². The highest BCUT2D eigenvalue weighted by Gasteiger charge is 2.12. The summed E-state index contributed by atoms with van der Waals surface area (Å²) in [5.41, 5.74) is 2.11. The van der Waals surface area contributed by atoms with Gasteiger partial charge in [0.15, 0.2) is 0 Å². The average molecular weight is 334 g/mol. The van der Waals surface area contributed by atoms with Gasteiger partial charge in [0.05, 0.1) is 10.6 Å². The minimum Gasteiger partial charge on any atom is -0.429 e. The molecule has 1 heterocycles. The fraction of sp³-hybridized carbons (Fsp3) is 0. The van der Waals surface area contributed by atoms with Crippen molar-refractivity contribution in [3.8, 4) is 11.3 Å². The Kier molecular flexibility index (Phi) is 3.32. The lowest BCUT2D eigenvalue weighted by Gasteiger charge is -2.07. The lowest BCUT2D eigenvalue weighted by Crippen LogP contribution is -1.90. The molecule has 0 bridgehead atoms. The Balaban J connectivity index is 2.03. The van der Waals surface area contributed by atoms with Crippen LogP contribution < -0.4 is 0 Å². The largest absolute Gasteiger partial charge is 0.429 e. The van der Waals surface area contributed by atoms with Crippen molar-refractivity contribution in [1.82, 2.24) is 4.98 Å². The van der Waals surface area contributed by atoms with Crippen LogP contribution in [0.1, 0.15) is 0 Å². The number of rotatable bonds is 2. The van der Waals surface area contributed by atoms with E-state index in [1.807, 2.05) is 36.4 Å². The Morgan fingerprint density at radius 2 is 1.71 bits per heavy atom. The Morgan fingerprint density at radius 1 is 0.958 bits per heavy atom. The molecule has 0 atom stereocenters. The third-order valence-electron chi connectivity index (χ3n) is 3.88. The van der Waals surface area contributed by atoms with E-state index >= 15 is 0 Å². The van der Waals surface area contributed by atoms with Crippen molar-refractivity contribution in [2.24, 2.45) is 0 Å². The molecule has 6 heteroatoms. The van der Waals surface area contributed by atoms with Crippen LogP contribution in [0, 0.1) is 15.0 Å². The predicted octanol–water partition coefficient (Wildman–Crippen LogP) is 5.29. The fourth-order valence-corrected chi connectivity index (χ4v) is 2.94. The predicted molar refractivity (Wildman–Crippen MR) is 94.4 cm³/mol.